The van der Waals surface area contributed by atoms with Gasteiger partial charge in [0.15, 0.2) is 11.6 Å². The van der Waals surface area contributed by atoms with Crippen LogP contribution in [0.4, 0.5) is 0 Å². The van der Waals surface area contributed by atoms with Gasteiger partial charge in [-0.25, -0.2) is 0 Å². The quantitative estimate of drug-likeness (QED) is 0.265. The van der Waals surface area contributed by atoms with Gasteiger partial charge in [-0.15, -0.1) is 0 Å². The highest BCUT2D eigenvalue weighted by molar-refractivity contribution is 6.37. The topological polar surface area (TPSA) is 34.1 Å². The molecule has 0 unspecified atom stereocenters. The maximum atomic E-state index is 11.9. The van der Waals surface area contributed by atoms with Crippen molar-refractivity contribution in [3.63, 3.8) is 0 Å². The molecule has 0 radical (unpaired) electrons. The van der Waals surface area contributed by atoms with Crippen molar-refractivity contribution < 1.29 is 9.59 Å². The summed E-state index contributed by atoms with van der Waals surface area (Å²) in [6.07, 6.45) is 6.49. The van der Waals surface area contributed by atoms with Crippen molar-refractivity contribution >= 4 is 56.3 Å². The van der Waals surface area contributed by atoms with Crippen molar-refractivity contribution in [1.29, 1.82) is 0 Å². The maximum absolute atomic E-state index is 11.9. The van der Waals surface area contributed by atoms with Crippen LogP contribution in [0.15, 0.2) is 48.5 Å². The van der Waals surface area contributed by atoms with Crippen LogP contribution < -0.4 is 0 Å². The molecule has 172 valence electrons. The molecule has 4 heteroatoms. The molecule has 0 saturated carbocycles. The Hall–Kier alpha value is -2.68. The lowest BCUT2D eigenvalue weighted by Crippen LogP contribution is -2.01. The van der Waals surface area contributed by atoms with E-state index in [0.29, 0.717) is 5.02 Å². The van der Waals surface area contributed by atoms with Gasteiger partial charge < -0.3 is 0 Å². The van der Waals surface area contributed by atoms with Crippen LogP contribution >= 0.6 is 23.2 Å². The molecule has 2 nitrogen and oxygen atoms in total. The first-order valence-electron chi connectivity index (χ1n) is 11.8. The number of ketones is 2. The number of fused-ring (bicyclic) bond motifs is 4. The van der Waals surface area contributed by atoms with Crippen LogP contribution in [0.25, 0.3) is 21.5 Å². The molecule has 0 fully saturated rings. The van der Waals surface area contributed by atoms with E-state index in [4.69, 9.17) is 23.2 Å². The number of benzene rings is 4. The number of carbonyl (C=O) groups excluding carboxylic acids is 2. The largest absolute Gasteiger partial charge is 0.294 e. The predicted molar refractivity (Wildman–Crippen MR) is 142 cm³/mol. The van der Waals surface area contributed by atoms with Crippen molar-refractivity contribution in [3.8, 4) is 0 Å². The number of carbonyl (C=O) groups is 2. The van der Waals surface area contributed by atoms with Crippen LogP contribution in [0.1, 0.15) is 69.7 Å². The van der Waals surface area contributed by atoms with E-state index < -0.39 is 0 Å². The van der Waals surface area contributed by atoms with Gasteiger partial charge >= 0.3 is 0 Å². The summed E-state index contributed by atoms with van der Waals surface area (Å²) in [6, 6.07) is 16.0. The lowest BCUT2D eigenvalue weighted by molar-refractivity contribution is 0.101. The van der Waals surface area contributed by atoms with Crippen molar-refractivity contribution in [2.45, 2.75) is 52.4 Å². The fraction of sp³-hybridized carbons (Fsp3) is 0.267. The third-order valence-corrected chi connectivity index (χ3v) is 7.62. The molecule has 0 atom stereocenters. The summed E-state index contributed by atoms with van der Waals surface area (Å²) in [5, 5.41) is 5.56. The number of halogens is 2. The molecule has 0 heterocycles. The van der Waals surface area contributed by atoms with E-state index in [1.165, 1.54) is 22.3 Å². The minimum absolute atomic E-state index is 0.127. The van der Waals surface area contributed by atoms with Gasteiger partial charge in [-0.1, -0.05) is 53.5 Å². The van der Waals surface area contributed by atoms with Gasteiger partial charge in [0, 0.05) is 26.6 Å². The summed E-state index contributed by atoms with van der Waals surface area (Å²) >= 11 is 12.3. The van der Waals surface area contributed by atoms with E-state index in [2.05, 4.69) is 12.1 Å². The molecule has 0 aromatic heterocycles. The Morgan fingerprint density at radius 2 is 1.32 bits per heavy atom. The first-order valence-corrected chi connectivity index (χ1v) is 12.6. The Morgan fingerprint density at radius 3 is 1.97 bits per heavy atom. The number of hydrogen-bond donors (Lipinski definition) is 0. The second-order valence-corrected chi connectivity index (χ2v) is 10.1. The van der Waals surface area contributed by atoms with Crippen LogP contribution in [0.3, 0.4) is 0 Å². The van der Waals surface area contributed by atoms with Crippen LogP contribution in [0, 0.1) is 0 Å². The molecule has 2 aliphatic carbocycles. The van der Waals surface area contributed by atoms with E-state index in [0.717, 1.165) is 76.2 Å². The Kier molecular flexibility index (Phi) is 6.22. The minimum Gasteiger partial charge on any atom is -0.294 e. The maximum Gasteiger partial charge on any atom is 0.160 e. The zero-order chi connectivity index (χ0) is 24.0. The predicted octanol–water partition coefficient (Wildman–Crippen LogP) is 8.37. The number of rotatable bonds is 2. The molecule has 0 saturated heterocycles. The summed E-state index contributed by atoms with van der Waals surface area (Å²) in [4.78, 5) is 23.8. The van der Waals surface area contributed by atoms with E-state index in [1.807, 2.05) is 36.4 Å². The molecule has 0 bridgehead atoms. The molecular formula is C30H26Cl2O2. The molecule has 6 rings (SSSR count). The fourth-order valence-electron chi connectivity index (χ4n) is 5.71. The van der Waals surface area contributed by atoms with Gasteiger partial charge in [0.2, 0.25) is 0 Å². The SMILES string of the molecule is CC(=O)c1c2c(cc3cc(Cl)ccc13)CCC2.CC(=O)c1c2c(cc3cccc(Cl)c13)CCC2. The van der Waals surface area contributed by atoms with Crippen molar-refractivity contribution in [3.05, 3.63) is 92.0 Å². The zero-order valence-corrected chi connectivity index (χ0v) is 20.9. The summed E-state index contributed by atoms with van der Waals surface area (Å²) in [6.45, 7) is 3.29. The standard InChI is InChI=1S/2C15H13ClO/c1-9(17)14-12-6-2-4-10(12)8-11-5-3-7-13(16)15(11)14;1-9(17)15-13-4-2-3-10(13)7-11-8-12(16)5-6-14(11)15/h3,5,7-8H,2,4,6H2,1H3;5-8H,2-4H2,1H3. The van der Waals surface area contributed by atoms with Gasteiger partial charge in [-0.3, -0.25) is 9.59 Å². The lowest BCUT2D eigenvalue weighted by atomic mass is 9.93. The third-order valence-electron chi connectivity index (χ3n) is 7.07. The van der Waals surface area contributed by atoms with Crippen molar-refractivity contribution in [2.75, 3.05) is 0 Å². The van der Waals surface area contributed by atoms with E-state index in [1.54, 1.807) is 13.8 Å². The molecule has 0 aliphatic heterocycles. The van der Waals surface area contributed by atoms with Gasteiger partial charge in [0.05, 0.1) is 0 Å². The van der Waals surface area contributed by atoms with Gasteiger partial charge in [0.25, 0.3) is 0 Å². The van der Waals surface area contributed by atoms with Crippen molar-refractivity contribution in [1.82, 2.24) is 0 Å². The highest BCUT2D eigenvalue weighted by Crippen LogP contribution is 2.36. The van der Waals surface area contributed by atoms with Crippen LogP contribution in [-0.4, -0.2) is 11.6 Å². The molecule has 0 N–H and O–H groups in total. The first kappa shape index (κ1) is 23.1. The second kappa shape index (κ2) is 9.17. The Morgan fingerprint density at radius 1 is 0.706 bits per heavy atom. The average molecular weight is 489 g/mol. The fourth-order valence-corrected chi connectivity index (χ4v) is 6.17. The molecule has 4 aromatic carbocycles. The molecule has 0 amide bonds. The van der Waals surface area contributed by atoms with E-state index in [9.17, 15) is 9.59 Å². The smallest absolute Gasteiger partial charge is 0.160 e. The molecule has 4 aromatic rings. The molecule has 34 heavy (non-hydrogen) atoms. The highest BCUT2D eigenvalue weighted by Gasteiger charge is 2.22. The Labute approximate surface area is 209 Å². The summed E-state index contributed by atoms with van der Waals surface area (Å²) < 4.78 is 0. The van der Waals surface area contributed by atoms with Gasteiger partial charge in [-0.05, 0) is 109 Å². The Bertz CT molecular complexity index is 1470. The van der Waals surface area contributed by atoms with Crippen molar-refractivity contribution in [2.24, 2.45) is 0 Å². The number of hydrogen-bond acceptors (Lipinski definition) is 2. The molecular weight excluding hydrogens is 463 g/mol. The number of aryl methyl sites for hydroxylation is 2. The average Bonchev–Trinajstić information content (AvgIpc) is 3.45. The van der Waals surface area contributed by atoms with Crippen LogP contribution in [0.5, 0.6) is 0 Å². The second-order valence-electron chi connectivity index (χ2n) is 9.30. The molecule has 2 aliphatic rings. The summed E-state index contributed by atoms with van der Waals surface area (Å²) in [5.41, 5.74) is 6.88. The van der Waals surface area contributed by atoms with E-state index in [-0.39, 0.29) is 11.6 Å². The van der Waals surface area contributed by atoms with Gasteiger partial charge in [0.1, 0.15) is 0 Å². The lowest BCUT2D eigenvalue weighted by Gasteiger charge is -2.11. The van der Waals surface area contributed by atoms with Gasteiger partial charge in [-0.2, -0.15) is 0 Å². The van der Waals surface area contributed by atoms with Crippen LogP contribution in [-0.2, 0) is 25.7 Å². The zero-order valence-electron chi connectivity index (χ0n) is 19.4. The minimum atomic E-state index is 0.127. The monoisotopic (exact) mass is 488 g/mol. The summed E-state index contributed by atoms with van der Waals surface area (Å²) in [5.74, 6) is 0.290. The van der Waals surface area contributed by atoms with Crippen LogP contribution in [0.2, 0.25) is 10.0 Å². The Balaban J connectivity index is 0.000000142. The first-order chi connectivity index (χ1) is 16.3. The molecule has 0 spiro atoms. The highest BCUT2D eigenvalue weighted by atomic mass is 35.5. The third kappa shape index (κ3) is 4.04. The van der Waals surface area contributed by atoms with E-state index >= 15 is 0 Å². The normalized spacial score (nSPS) is 14.0. The number of Topliss-reactive ketones (excluding diaryl/α,β-unsaturated/α-hetero) is 2. The summed E-state index contributed by atoms with van der Waals surface area (Å²) in [7, 11) is 0.